The molecule has 0 saturated carbocycles. The molecule has 2 aromatic carbocycles. The van der Waals surface area contributed by atoms with Crippen LogP contribution in [0.3, 0.4) is 0 Å². The molecule has 0 N–H and O–H groups in total. The van der Waals surface area contributed by atoms with Crippen molar-refractivity contribution in [3.05, 3.63) is 56.5 Å². The molecule has 2 aromatic rings. The largest absolute Gasteiger partial charge is 0.487 e. The second-order valence-electron chi connectivity index (χ2n) is 4.01. The van der Waals surface area contributed by atoms with E-state index in [4.69, 9.17) is 38.6 Å². The monoisotopic (exact) mass is 428 g/mol. The molecule has 0 saturated heterocycles. The van der Waals surface area contributed by atoms with Gasteiger partial charge in [0, 0.05) is 20.7 Å². The molecule has 0 fully saturated rings. The van der Waals surface area contributed by atoms with Crippen LogP contribution in [-0.4, -0.2) is 8.42 Å². The van der Waals surface area contributed by atoms with Crippen molar-refractivity contribution in [2.45, 2.75) is 11.5 Å². The zero-order chi connectivity index (χ0) is 15.6. The summed E-state index contributed by atoms with van der Waals surface area (Å²) in [4.78, 5) is -0.246. The van der Waals surface area contributed by atoms with Crippen molar-refractivity contribution in [3.8, 4) is 5.75 Å². The molecule has 0 unspecified atom stereocenters. The van der Waals surface area contributed by atoms with Gasteiger partial charge in [0.15, 0.2) is 0 Å². The highest BCUT2D eigenvalue weighted by Gasteiger charge is 2.20. The van der Waals surface area contributed by atoms with E-state index in [1.807, 2.05) is 24.3 Å². The summed E-state index contributed by atoms with van der Waals surface area (Å²) in [6.07, 6.45) is 0. The zero-order valence-corrected chi connectivity index (χ0v) is 15.0. The molecule has 0 aromatic heterocycles. The van der Waals surface area contributed by atoms with Gasteiger partial charge in [0.1, 0.15) is 22.3 Å². The van der Waals surface area contributed by atoms with Crippen LogP contribution in [0, 0.1) is 0 Å². The van der Waals surface area contributed by atoms with Crippen LogP contribution in [0.15, 0.2) is 45.8 Å². The van der Waals surface area contributed by atoms with Crippen LogP contribution in [0.2, 0.25) is 10.0 Å². The Kier molecular flexibility index (Phi) is 5.43. The number of hydrogen-bond acceptors (Lipinski definition) is 3. The van der Waals surface area contributed by atoms with Crippen molar-refractivity contribution in [2.24, 2.45) is 0 Å². The van der Waals surface area contributed by atoms with Gasteiger partial charge in [-0.05, 0) is 18.2 Å². The highest BCUT2D eigenvalue weighted by atomic mass is 79.9. The molecule has 0 heterocycles. The van der Waals surface area contributed by atoms with E-state index in [1.165, 1.54) is 12.1 Å². The fraction of sp³-hybridized carbons (Fsp3) is 0.0769. The first-order valence-electron chi connectivity index (χ1n) is 5.59. The van der Waals surface area contributed by atoms with E-state index < -0.39 is 9.05 Å². The summed E-state index contributed by atoms with van der Waals surface area (Å²) in [6, 6.07) is 10.2. The van der Waals surface area contributed by atoms with Gasteiger partial charge in [0.05, 0.1) is 5.02 Å². The summed E-state index contributed by atoms with van der Waals surface area (Å²) in [6.45, 7) is 0.254. The molecule has 21 heavy (non-hydrogen) atoms. The second kappa shape index (κ2) is 6.75. The number of benzene rings is 2. The molecule has 112 valence electrons. The lowest BCUT2D eigenvalue weighted by atomic mass is 10.2. The van der Waals surface area contributed by atoms with Gasteiger partial charge in [-0.15, -0.1) is 0 Å². The molecule has 8 heteroatoms. The third kappa shape index (κ3) is 4.05. The van der Waals surface area contributed by atoms with Gasteiger partial charge in [-0.2, -0.15) is 0 Å². The fourth-order valence-electron chi connectivity index (χ4n) is 1.58. The summed E-state index contributed by atoms with van der Waals surface area (Å²) < 4.78 is 29.1. The van der Waals surface area contributed by atoms with Crippen LogP contribution >= 0.6 is 49.8 Å². The van der Waals surface area contributed by atoms with Crippen LogP contribution in [0.1, 0.15) is 5.56 Å². The lowest BCUT2D eigenvalue weighted by molar-refractivity contribution is 0.305. The van der Waals surface area contributed by atoms with Crippen molar-refractivity contribution < 1.29 is 13.2 Å². The lowest BCUT2D eigenvalue weighted by Gasteiger charge is -2.11. The number of hydrogen-bond donors (Lipinski definition) is 0. The van der Waals surface area contributed by atoms with E-state index in [0.29, 0.717) is 0 Å². The normalized spacial score (nSPS) is 11.4. The van der Waals surface area contributed by atoms with Gasteiger partial charge in [-0.25, -0.2) is 8.42 Å². The highest BCUT2D eigenvalue weighted by molar-refractivity contribution is 9.10. The Balaban J connectivity index is 2.27. The van der Waals surface area contributed by atoms with E-state index >= 15 is 0 Å². The molecule has 0 aliphatic carbocycles. The average Bonchev–Trinajstić information content (AvgIpc) is 2.40. The first-order chi connectivity index (χ1) is 9.80. The van der Waals surface area contributed by atoms with Gasteiger partial charge < -0.3 is 4.74 Å². The molecule has 0 radical (unpaired) electrons. The van der Waals surface area contributed by atoms with Crippen molar-refractivity contribution in [1.29, 1.82) is 0 Å². The van der Waals surface area contributed by atoms with Crippen molar-refractivity contribution in [1.82, 2.24) is 0 Å². The maximum atomic E-state index is 11.3. The Morgan fingerprint density at radius 2 is 1.71 bits per heavy atom. The first kappa shape index (κ1) is 16.9. The molecular formula is C13H8BrCl3O3S. The molecular weight excluding hydrogens is 422 g/mol. The molecule has 0 atom stereocenters. The van der Waals surface area contributed by atoms with E-state index in [2.05, 4.69) is 15.9 Å². The maximum absolute atomic E-state index is 11.3. The molecule has 0 aliphatic rings. The number of halogens is 4. The second-order valence-corrected chi connectivity index (χ2v) is 8.15. The Hall–Kier alpha value is -0.460. The average molecular weight is 431 g/mol. The van der Waals surface area contributed by atoms with E-state index in [1.54, 1.807) is 0 Å². The summed E-state index contributed by atoms with van der Waals surface area (Å²) in [5.41, 5.74) is 0.915. The number of ether oxygens (including phenoxy) is 1. The SMILES string of the molecule is O=S(=O)(Cl)c1ccc(OCc2ccccc2Br)c(Cl)c1Cl. The van der Waals surface area contributed by atoms with Crippen LogP contribution in [0.25, 0.3) is 0 Å². The van der Waals surface area contributed by atoms with Gasteiger partial charge in [-0.1, -0.05) is 57.3 Å². The Bertz CT molecular complexity index is 778. The summed E-state index contributed by atoms with van der Waals surface area (Å²) in [5, 5.41) is -0.151. The zero-order valence-electron chi connectivity index (χ0n) is 10.3. The van der Waals surface area contributed by atoms with E-state index in [9.17, 15) is 8.42 Å². The minimum atomic E-state index is -3.95. The minimum Gasteiger partial charge on any atom is -0.487 e. The van der Waals surface area contributed by atoms with Gasteiger partial charge in [-0.3, -0.25) is 0 Å². The summed E-state index contributed by atoms with van der Waals surface area (Å²) >= 11 is 15.3. The van der Waals surface area contributed by atoms with Gasteiger partial charge >= 0.3 is 0 Å². The van der Waals surface area contributed by atoms with Crippen LogP contribution in [0.5, 0.6) is 5.75 Å². The molecule has 0 spiro atoms. The first-order valence-corrected chi connectivity index (χ1v) is 9.45. The molecule has 0 aliphatic heterocycles. The molecule has 2 rings (SSSR count). The van der Waals surface area contributed by atoms with E-state index in [0.717, 1.165) is 10.0 Å². The van der Waals surface area contributed by atoms with Crippen LogP contribution < -0.4 is 4.74 Å². The lowest BCUT2D eigenvalue weighted by Crippen LogP contribution is -1.99. The number of rotatable bonds is 4. The Morgan fingerprint density at radius 3 is 2.33 bits per heavy atom. The summed E-state index contributed by atoms with van der Waals surface area (Å²) in [7, 11) is 1.31. The van der Waals surface area contributed by atoms with Crippen LogP contribution in [0.4, 0.5) is 0 Å². The maximum Gasteiger partial charge on any atom is 0.262 e. The van der Waals surface area contributed by atoms with Gasteiger partial charge in [0.25, 0.3) is 9.05 Å². The Morgan fingerprint density at radius 1 is 1.05 bits per heavy atom. The quantitative estimate of drug-likeness (QED) is 0.621. The standard InChI is InChI=1S/C13H8BrCl3O3S/c14-9-4-2-1-3-8(9)7-20-10-5-6-11(21(17,18)19)13(16)12(10)15/h1-6H,7H2. The van der Waals surface area contributed by atoms with Crippen molar-refractivity contribution >= 4 is 58.9 Å². The van der Waals surface area contributed by atoms with E-state index in [-0.39, 0.29) is 27.3 Å². The molecule has 0 bridgehead atoms. The predicted octanol–water partition coefficient (Wildman–Crippen LogP) is 5.26. The third-order valence-electron chi connectivity index (χ3n) is 2.62. The minimum absolute atomic E-state index is 0.00504. The fourth-order valence-corrected chi connectivity index (χ4v) is 3.77. The molecule has 3 nitrogen and oxygen atoms in total. The predicted molar refractivity (Wildman–Crippen MR) is 88.0 cm³/mol. The third-order valence-corrected chi connectivity index (χ3v) is 5.73. The molecule has 0 amide bonds. The van der Waals surface area contributed by atoms with Crippen molar-refractivity contribution in [2.75, 3.05) is 0 Å². The topological polar surface area (TPSA) is 43.4 Å². The van der Waals surface area contributed by atoms with Gasteiger partial charge in [0.2, 0.25) is 0 Å². The Labute approximate surface area is 145 Å². The smallest absolute Gasteiger partial charge is 0.262 e. The highest BCUT2D eigenvalue weighted by Crippen LogP contribution is 2.38. The van der Waals surface area contributed by atoms with Crippen molar-refractivity contribution in [3.63, 3.8) is 0 Å². The summed E-state index contributed by atoms with van der Waals surface area (Å²) in [5.74, 6) is 0.279. The van der Waals surface area contributed by atoms with Crippen LogP contribution in [-0.2, 0) is 15.7 Å².